The molecule has 10 heteroatoms. The fraction of sp³-hybridized carbons (Fsp3) is 0.182. The lowest BCUT2D eigenvalue weighted by Crippen LogP contribution is -2.44. The number of hydrogen-bond acceptors (Lipinski definition) is 6. The van der Waals surface area contributed by atoms with Gasteiger partial charge < -0.3 is 0 Å². The SMILES string of the molecule is CN(C(=O)NC(=O)Nc1nc2ccccc2s1)S(C)(=O)=O. The van der Waals surface area contributed by atoms with Gasteiger partial charge in [-0.1, -0.05) is 23.5 Å². The lowest BCUT2D eigenvalue weighted by Gasteiger charge is -2.14. The van der Waals surface area contributed by atoms with Gasteiger partial charge in [0.05, 0.1) is 16.5 Å². The zero-order valence-corrected chi connectivity index (χ0v) is 12.8. The summed E-state index contributed by atoms with van der Waals surface area (Å²) in [7, 11) is -2.66. The van der Waals surface area contributed by atoms with E-state index in [4.69, 9.17) is 0 Å². The van der Waals surface area contributed by atoms with E-state index >= 15 is 0 Å². The maximum Gasteiger partial charge on any atom is 0.338 e. The molecule has 0 aliphatic heterocycles. The van der Waals surface area contributed by atoms with Gasteiger partial charge in [-0.2, -0.15) is 0 Å². The number of carbonyl (C=O) groups is 2. The molecule has 4 amide bonds. The van der Waals surface area contributed by atoms with Crippen LogP contribution in [0.15, 0.2) is 24.3 Å². The molecule has 0 saturated carbocycles. The molecule has 0 bridgehead atoms. The second kappa shape index (κ2) is 5.66. The van der Waals surface area contributed by atoms with Gasteiger partial charge in [0.25, 0.3) is 0 Å². The monoisotopic (exact) mass is 328 g/mol. The maximum absolute atomic E-state index is 11.6. The third kappa shape index (κ3) is 3.67. The summed E-state index contributed by atoms with van der Waals surface area (Å²) in [5.74, 6) is 0. The molecule has 2 N–H and O–H groups in total. The Labute approximate surface area is 124 Å². The van der Waals surface area contributed by atoms with Crippen LogP contribution in [-0.2, 0) is 10.0 Å². The summed E-state index contributed by atoms with van der Waals surface area (Å²) in [6.45, 7) is 0. The highest BCUT2D eigenvalue weighted by Gasteiger charge is 2.20. The number of imide groups is 1. The van der Waals surface area contributed by atoms with Gasteiger partial charge in [0.15, 0.2) is 5.13 Å². The molecule has 2 rings (SSSR count). The molecular weight excluding hydrogens is 316 g/mol. The smallest absolute Gasteiger partial charge is 0.283 e. The molecule has 112 valence electrons. The van der Waals surface area contributed by atoms with E-state index in [1.54, 1.807) is 6.07 Å². The summed E-state index contributed by atoms with van der Waals surface area (Å²) in [4.78, 5) is 27.3. The van der Waals surface area contributed by atoms with E-state index in [1.807, 2.05) is 23.5 Å². The van der Waals surface area contributed by atoms with Crippen LogP contribution in [0.2, 0.25) is 0 Å². The molecule has 1 heterocycles. The number of carbonyl (C=O) groups excluding carboxylic acids is 2. The highest BCUT2D eigenvalue weighted by atomic mass is 32.2. The lowest BCUT2D eigenvalue weighted by molar-refractivity contribution is 0.223. The topological polar surface area (TPSA) is 108 Å². The molecule has 0 saturated heterocycles. The second-order valence-electron chi connectivity index (χ2n) is 4.10. The van der Waals surface area contributed by atoms with E-state index < -0.39 is 22.1 Å². The molecule has 2 aromatic rings. The standard InChI is InChI=1S/C11H12N4O4S2/c1-15(21(2,18)19)11(17)14-9(16)13-10-12-7-5-3-4-6-8(7)20-10/h3-6H,1-2H3,(H2,12,13,14,16,17). The van der Waals surface area contributed by atoms with Gasteiger partial charge in [-0.15, -0.1) is 0 Å². The minimum atomic E-state index is -3.71. The maximum atomic E-state index is 11.6. The van der Waals surface area contributed by atoms with Gasteiger partial charge in [-0.3, -0.25) is 10.6 Å². The van der Waals surface area contributed by atoms with Crippen LogP contribution in [0.1, 0.15) is 0 Å². The molecule has 0 spiro atoms. The van der Waals surface area contributed by atoms with Crippen LogP contribution in [-0.4, -0.2) is 43.1 Å². The Morgan fingerprint density at radius 2 is 1.95 bits per heavy atom. The van der Waals surface area contributed by atoms with Crippen molar-refractivity contribution in [2.24, 2.45) is 0 Å². The quantitative estimate of drug-likeness (QED) is 0.867. The van der Waals surface area contributed by atoms with Crippen molar-refractivity contribution >= 4 is 48.8 Å². The molecule has 1 aromatic carbocycles. The molecule has 0 aliphatic rings. The van der Waals surface area contributed by atoms with Crippen molar-refractivity contribution in [3.63, 3.8) is 0 Å². The van der Waals surface area contributed by atoms with E-state index in [2.05, 4.69) is 10.3 Å². The molecule has 21 heavy (non-hydrogen) atoms. The van der Waals surface area contributed by atoms with Gasteiger partial charge >= 0.3 is 12.1 Å². The number of fused-ring (bicyclic) bond motifs is 1. The number of sulfonamides is 1. The Morgan fingerprint density at radius 3 is 2.57 bits per heavy atom. The summed E-state index contributed by atoms with van der Waals surface area (Å²) < 4.78 is 23.6. The summed E-state index contributed by atoms with van der Waals surface area (Å²) in [5.41, 5.74) is 0.720. The van der Waals surface area contributed by atoms with Crippen LogP contribution >= 0.6 is 11.3 Å². The lowest BCUT2D eigenvalue weighted by atomic mass is 10.3. The number of para-hydroxylation sites is 1. The van der Waals surface area contributed by atoms with Crippen molar-refractivity contribution in [3.05, 3.63) is 24.3 Å². The Bertz CT molecular complexity index is 766. The number of urea groups is 2. The molecule has 0 unspecified atom stereocenters. The fourth-order valence-corrected chi connectivity index (χ4v) is 2.59. The number of hydrogen-bond donors (Lipinski definition) is 2. The minimum Gasteiger partial charge on any atom is -0.283 e. The van der Waals surface area contributed by atoms with Crippen LogP contribution in [0.25, 0.3) is 10.2 Å². The van der Waals surface area contributed by atoms with Gasteiger partial charge in [0.1, 0.15) is 0 Å². The first-order chi connectivity index (χ1) is 9.77. The highest BCUT2D eigenvalue weighted by molar-refractivity contribution is 7.88. The van der Waals surface area contributed by atoms with E-state index in [0.29, 0.717) is 9.44 Å². The predicted octanol–water partition coefficient (Wildman–Crippen LogP) is 1.43. The summed E-state index contributed by atoms with van der Waals surface area (Å²) in [6, 6.07) is 5.40. The molecular formula is C11H12N4O4S2. The predicted molar refractivity (Wildman–Crippen MR) is 79.8 cm³/mol. The van der Waals surface area contributed by atoms with Crippen molar-refractivity contribution in [2.75, 3.05) is 18.6 Å². The first kappa shape index (κ1) is 15.2. The molecule has 8 nitrogen and oxygen atoms in total. The molecule has 0 atom stereocenters. The average Bonchev–Trinajstić information content (AvgIpc) is 2.78. The van der Waals surface area contributed by atoms with Crippen LogP contribution in [0.4, 0.5) is 14.7 Å². The Hall–Kier alpha value is -2.20. The largest absolute Gasteiger partial charge is 0.338 e. The van der Waals surface area contributed by atoms with Crippen LogP contribution < -0.4 is 10.6 Å². The summed E-state index contributed by atoms with van der Waals surface area (Å²) in [6.07, 6.45) is 0.859. The van der Waals surface area contributed by atoms with Crippen LogP contribution in [0, 0.1) is 0 Å². The molecule has 0 aliphatic carbocycles. The number of thiazole rings is 1. The Morgan fingerprint density at radius 1 is 1.29 bits per heavy atom. The van der Waals surface area contributed by atoms with Crippen molar-refractivity contribution in [3.8, 4) is 0 Å². The number of amides is 4. The van der Waals surface area contributed by atoms with Gasteiger partial charge in [-0.25, -0.2) is 27.3 Å². The first-order valence-corrected chi connectivity index (χ1v) is 8.35. The van der Waals surface area contributed by atoms with Crippen LogP contribution in [0.5, 0.6) is 0 Å². The Kier molecular flexibility index (Phi) is 4.09. The normalized spacial score (nSPS) is 11.1. The number of nitrogens with one attached hydrogen (secondary N) is 2. The van der Waals surface area contributed by atoms with Gasteiger partial charge in [0.2, 0.25) is 10.0 Å². The number of rotatable bonds is 2. The fourth-order valence-electron chi connectivity index (χ4n) is 1.38. The third-order valence-electron chi connectivity index (χ3n) is 2.52. The number of anilines is 1. The zero-order valence-electron chi connectivity index (χ0n) is 11.2. The van der Waals surface area contributed by atoms with E-state index in [9.17, 15) is 18.0 Å². The van der Waals surface area contributed by atoms with Crippen molar-refractivity contribution < 1.29 is 18.0 Å². The van der Waals surface area contributed by atoms with Crippen LogP contribution in [0.3, 0.4) is 0 Å². The minimum absolute atomic E-state index is 0.309. The van der Waals surface area contributed by atoms with Gasteiger partial charge in [-0.05, 0) is 12.1 Å². The zero-order chi connectivity index (χ0) is 15.6. The van der Waals surface area contributed by atoms with Crippen molar-refractivity contribution in [1.82, 2.24) is 14.6 Å². The summed E-state index contributed by atoms with van der Waals surface area (Å²) in [5, 5.41) is 4.60. The van der Waals surface area contributed by atoms with E-state index in [-0.39, 0.29) is 0 Å². The summed E-state index contributed by atoms with van der Waals surface area (Å²) >= 11 is 1.24. The van der Waals surface area contributed by atoms with Crippen molar-refractivity contribution in [1.29, 1.82) is 0 Å². The first-order valence-electron chi connectivity index (χ1n) is 5.69. The van der Waals surface area contributed by atoms with E-state index in [0.717, 1.165) is 23.5 Å². The highest BCUT2D eigenvalue weighted by Crippen LogP contribution is 2.25. The van der Waals surface area contributed by atoms with E-state index in [1.165, 1.54) is 11.3 Å². The number of nitrogens with zero attached hydrogens (tertiary/aromatic N) is 2. The van der Waals surface area contributed by atoms with Gasteiger partial charge in [0, 0.05) is 7.05 Å². The van der Waals surface area contributed by atoms with Crippen molar-refractivity contribution in [2.45, 2.75) is 0 Å². The molecule has 1 aromatic heterocycles. The third-order valence-corrected chi connectivity index (χ3v) is 4.63. The number of aromatic nitrogens is 1. The molecule has 0 radical (unpaired) electrons. The molecule has 0 fully saturated rings. The number of benzene rings is 1. The Balaban J connectivity index is 2.03. The average molecular weight is 328 g/mol. The second-order valence-corrected chi connectivity index (χ2v) is 7.15.